The van der Waals surface area contributed by atoms with E-state index in [9.17, 15) is 0 Å². The third-order valence-electron chi connectivity index (χ3n) is 2.64. The average Bonchev–Trinajstić information content (AvgIpc) is 2.75. The molecule has 1 aliphatic rings. The Labute approximate surface area is 92.7 Å². The van der Waals surface area contributed by atoms with Gasteiger partial charge in [0.15, 0.2) is 0 Å². The maximum atomic E-state index is 5.38. The molecule has 1 unspecified atom stereocenters. The highest BCUT2D eigenvalue weighted by molar-refractivity contribution is 4.76. The van der Waals surface area contributed by atoms with Gasteiger partial charge in [0, 0.05) is 26.3 Å². The molecule has 1 saturated heterocycles. The molecule has 0 aliphatic carbocycles. The van der Waals surface area contributed by atoms with E-state index in [1.165, 1.54) is 12.8 Å². The molecule has 2 N–H and O–H groups in total. The molecule has 1 fully saturated rings. The van der Waals surface area contributed by atoms with E-state index in [4.69, 9.17) is 9.47 Å². The Bertz CT molecular complexity index is 139. The lowest BCUT2D eigenvalue weighted by Crippen LogP contribution is -2.31. The average molecular weight is 216 g/mol. The van der Waals surface area contributed by atoms with Crippen molar-refractivity contribution in [2.45, 2.75) is 25.3 Å². The largest absolute Gasteiger partial charge is 0.382 e. The Morgan fingerprint density at radius 1 is 1.27 bits per heavy atom. The minimum absolute atomic E-state index is 0.694. The van der Waals surface area contributed by atoms with E-state index in [0.717, 1.165) is 39.3 Å². The number of hydrogen-bond acceptors (Lipinski definition) is 4. The smallest absolute Gasteiger partial charge is 0.0700 e. The van der Waals surface area contributed by atoms with Crippen LogP contribution in [0.3, 0.4) is 0 Å². The van der Waals surface area contributed by atoms with Crippen LogP contribution >= 0.6 is 0 Å². The first kappa shape index (κ1) is 12.9. The van der Waals surface area contributed by atoms with Crippen LogP contribution in [-0.4, -0.2) is 52.6 Å². The monoisotopic (exact) mass is 216 g/mol. The summed E-state index contributed by atoms with van der Waals surface area (Å²) in [6.45, 7) is 5.68. The lowest BCUT2D eigenvalue weighted by atomic mass is 10.2. The summed E-state index contributed by atoms with van der Waals surface area (Å²) in [5.74, 6) is 0. The summed E-state index contributed by atoms with van der Waals surface area (Å²) < 4.78 is 10.3. The Morgan fingerprint density at radius 2 is 2.20 bits per heavy atom. The number of unbranched alkanes of at least 4 members (excludes halogenated alkanes) is 1. The van der Waals surface area contributed by atoms with E-state index < -0.39 is 0 Å². The molecule has 4 heteroatoms. The second kappa shape index (κ2) is 9.09. The molecule has 4 nitrogen and oxygen atoms in total. The molecule has 1 atom stereocenters. The SMILES string of the molecule is COCCOCCCCNC1CCNC1. The van der Waals surface area contributed by atoms with E-state index in [1.807, 2.05) is 0 Å². The maximum Gasteiger partial charge on any atom is 0.0700 e. The second-order valence-corrected chi connectivity index (χ2v) is 3.96. The van der Waals surface area contributed by atoms with Gasteiger partial charge in [-0.05, 0) is 32.4 Å². The predicted molar refractivity (Wildman–Crippen MR) is 61.2 cm³/mol. The topological polar surface area (TPSA) is 42.5 Å². The van der Waals surface area contributed by atoms with Gasteiger partial charge in [0.25, 0.3) is 0 Å². The molecule has 1 rings (SSSR count). The van der Waals surface area contributed by atoms with Gasteiger partial charge in [0.1, 0.15) is 0 Å². The molecule has 1 heterocycles. The first-order valence-corrected chi connectivity index (χ1v) is 5.94. The van der Waals surface area contributed by atoms with Crippen molar-refractivity contribution in [1.82, 2.24) is 10.6 Å². The molecule has 0 saturated carbocycles. The van der Waals surface area contributed by atoms with E-state index in [0.29, 0.717) is 12.6 Å². The summed E-state index contributed by atoms with van der Waals surface area (Å²) in [7, 11) is 1.70. The lowest BCUT2D eigenvalue weighted by Gasteiger charge is -2.10. The van der Waals surface area contributed by atoms with Crippen LogP contribution in [0.5, 0.6) is 0 Å². The van der Waals surface area contributed by atoms with Gasteiger partial charge in [-0.25, -0.2) is 0 Å². The highest BCUT2D eigenvalue weighted by Gasteiger charge is 2.12. The van der Waals surface area contributed by atoms with E-state index in [2.05, 4.69) is 10.6 Å². The Morgan fingerprint density at radius 3 is 2.93 bits per heavy atom. The van der Waals surface area contributed by atoms with Crippen molar-refractivity contribution in [3.8, 4) is 0 Å². The molecular formula is C11H24N2O2. The Kier molecular flexibility index (Phi) is 7.83. The van der Waals surface area contributed by atoms with Gasteiger partial charge in [0.2, 0.25) is 0 Å². The third kappa shape index (κ3) is 6.84. The zero-order valence-electron chi connectivity index (χ0n) is 9.76. The van der Waals surface area contributed by atoms with E-state index in [-0.39, 0.29) is 0 Å². The molecular weight excluding hydrogens is 192 g/mol. The zero-order chi connectivity index (χ0) is 10.8. The molecule has 0 aromatic heterocycles. The van der Waals surface area contributed by atoms with Crippen LogP contribution in [0.15, 0.2) is 0 Å². The van der Waals surface area contributed by atoms with Gasteiger partial charge in [-0.1, -0.05) is 0 Å². The van der Waals surface area contributed by atoms with Crippen LogP contribution in [0.4, 0.5) is 0 Å². The molecule has 0 bridgehead atoms. The van der Waals surface area contributed by atoms with Crippen LogP contribution in [0.1, 0.15) is 19.3 Å². The second-order valence-electron chi connectivity index (χ2n) is 3.96. The van der Waals surface area contributed by atoms with Crippen LogP contribution in [0.2, 0.25) is 0 Å². The molecule has 0 aromatic carbocycles. The highest BCUT2D eigenvalue weighted by Crippen LogP contribution is 1.97. The van der Waals surface area contributed by atoms with Crippen molar-refractivity contribution in [3.63, 3.8) is 0 Å². The normalized spacial score (nSPS) is 21.0. The van der Waals surface area contributed by atoms with Gasteiger partial charge in [-0.2, -0.15) is 0 Å². The quantitative estimate of drug-likeness (QED) is 0.547. The van der Waals surface area contributed by atoms with Crippen molar-refractivity contribution in [1.29, 1.82) is 0 Å². The number of nitrogens with one attached hydrogen (secondary N) is 2. The minimum atomic E-state index is 0.694. The highest BCUT2D eigenvalue weighted by atomic mass is 16.5. The molecule has 0 spiro atoms. The zero-order valence-corrected chi connectivity index (χ0v) is 9.76. The number of hydrogen-bond donors (Lipinski definition) is 2. The van der Waals surface area contributed by atoms with Crippen molar-refractivity contribution in [2.24, 2.45) is 0 Å². The maximum absolute atomic E-state index is 5.38. The van der Waals surface area contributed by atoms with E-state index >= 15 is 0 Å². The fraction of sp³-hybridized carbons (Fsp3) is 1.00. The van der Waals surface area contributed by atoms with Gasteiger partial charge in [-0.3, -0.25) is 0 Å². The molecule has 0 radical (unpaired) electrons. The van der Waals surface area contributed by atoms with Crippen molar-refractivity contribution < 1.29 is 9.47 Å². The van der Waals surface area contributed by atoms with Gasteiger partial charge >= 0.3 is 0 Å². The minimum Gasteiger partial charge on any atom is -0.382 e. The van der Waals surface area contributed by atoms with Gasteiger partial charge in [-0.15, -0.1) is 0 Å². The summed E-state index contributed by atoms with van der Waals surface area (Å²) >= 11 is 0. The fourth-order valence-electron chi connectivity index (χ4n) is 1.71. The first-order valence-electron chi connectivity index (χ1n) is 5.94. The third-order valence-corrected chi connectivity index (χ3v) is 2.64. The van der Waals surface area contributed by atoms with Crippen molar-refractivity contribution in [3.05, 3.63) is 0 Å². The molecule has 1 aliphatic heterocycles. The van der Waals surface area contributed by atoms with Crippen molar-refractivity contribution >= 4 is 0 Å². The number of ether oxygens (including phenoxy) is 2. The van der Waals surface area contributed by atoms with Crippen LogP contribution < -0.4 is 10.6 Å². The summed E-state index contributed by atoms with van der Waals surface area (Å²) in [6.07, 6.45) is 3.60. The van der Waals surface area contributed by atoms with Gasteiger partial charge in [0.05, 0.1) is 13.2 Å². The van der Waals surface area contributed by atoms with Crippen LogP contribution in [0.25, 0.3) is 0 Å². The fourth-order valence-corrected chi connectivity index (χ4v) is 1.71. The summed E-state index contributed by atoms with van der Waals surface area (Å²) in [5.41, 5.74) is 0. The first-order chi connectivity index (χ1) is 7.43. The Balaban J connectivity index is 1.73. The lowest BCUT2D eigenvalue weighted by molar-refractivity contribution is 0.0687. The van der Waals surface area contributed by atoms with E-state index in [1.54, 1.807) is 7.11 Å². The summed E-state index contributed by atoms with van der Waals surface area (Å²) in [5, 5.41) is 6.89. The number of rotatable bonds is 9. The molecule has 0 amide bonds. The predicted octanol–water partition coefficient (Wildman–Crippen LogP) is 0.381. The summed E-state index contributed by atoms with van der Waals surface area (Å²) in [4.78, 5) is 0. The van der Waals surface area contributed by atoms with Gasteiger partial charge < -0.3 is 20.1 Å². The molecule has 0 aromatic rings. The standard InChI is InChI=1S/C11H24N2O2/c1-14-8-9-15-7-3-2-5-13-11-4-6-12-10-11/h11-13H,2-10H2,1H3. The molecule has 90 valence electrons. The summed E-state index contributed by atoms with van der Waals surface area (Å²) in [6, 6.07) is 0.694. The van der Waals surface area contributed by atoms with Crippen LogP contribution in [0, 0.1) is 0 Å². The van der Waals surface area contributed by atoms with Crippen molar-refractivity contribution in [2.75, 3.05) is 46.6 Å². The molecule has 15 heavy (non-hydrogen) atoms. The van der Waals surface area contributed by atoms with Crippen LogP contribution in [-0.2, 0) is 9.47 Å². The Hall–Kier alpha value is -0.160. The number of methoxy groups -OCH3 is 1.